The molecule has 1 aromatic carbocycles. The van der Waals surface area contributed by atoms with Crippen LogP contribution in [0.4, 0.5) is 5.69 Å². The van der Waals surface area contributed by atoms with Crippen LogP contribution in [0.25, 0.3) is 0 Å². The molecule has 0 aliphatic carbocycles. The number of carbonyl (C=O) groups is 1. The summed E-state index contributed by atoms with van der Waals surface area (Å²) in [5.41, 5.74) is 1.60. The molecule has 0 aromatic heterocycles. The number of rotatable bonds is 2. The van der Waals surface area contributed by atoms with Crippen LogP contribution in [0.1, 0.15) is 12.8 Å². The molecule has 0 saturated carbocycles. The molecule has 2 rings (SSSR count). The van der Waals surface area contributed by atoms with Gasteiger partial charge in [-0.05, 0) is 25.0 Å². The zero-order valence-electron chi connectivity index (χ0n) is 8.49. The SMILES string of the molecule is O=C1NCCCC=C1Nc1ccccc1. The van der Waals surface area contributed by atoms with Gasteiger partial charge in [-0.3, -0.25) is 4.79 Å². The Morgan fingerprint density at radius 1 is 1.20 bits per heavy atom. The number of anilines is 1. The summed E-state index contributed by atoms with van der Waals surface area (Å²) in [7, 11) is 0. The topological polar surface area (TPSA) is 41.1 Å². The molecule has 0 fully saturated rings. The van der Waals surface area contributed by atoms with Gasteiger partial charge in [0.15, 0.2) is 0 Å². The zero-order chi connectivity index (χ0) is 10.5. The average molecular weight is 202 g/mol. The third-order valence-electron chi connectivity index (χ3n) is 2.31. The van der Waals surface area contributed by atoms with Crippen molar-refractivity contribution in [2.24, 2.45) is 0 Å². The van der Waals surface area contributed by atoms with Gasteiger partial charge in [0, 0.05) is 12.2 Å². The maximum Gasteiger partial charge on any atom is 0.267 e. The van der Waals surface area contributed by atoms with Crippen molar-refractivity contribution in [3.8, 4) is 0 Å². The van der Waals surface area contributed by atoms with Crippen LogP contribution in [-0.2, 0) is 4.79 Å². The Bertz CT molecular complexity index is 370. The molecule has 78 valence electrons. The van der Waals surface area contributed by atoms with Gasteiger partial charge in [0.05, 0.1) is 0 Å². The number of para-hydroxylation sites is 1. The molecule has 15 heavy (non-hydrogen) atoms. The second kappa shape index (κ2) is 4.64. The van der Waals surface area contributed by atoms with E-state index in [-0.39, 0.29) is 5.91 Å². The van der Waals surface area contributed by atoms with Crippen LogP contribution in [-0.4, -0.2) is 12.5 Å². The second-order valence-corrected chi connectivity index (χ2v) is 3.51. The molecule has 1 amide bonds. The molecule has 1 heterocycles. The van der Waals surface area contributed by atoms with Crippen molar-refractivity contribution >= 4 is 11.6 Å². The normalized spacial score (nSPS) is 16.3. The van der Waals surface area contributed by atoms with E-state index in [9.17, 15) is 4.79 Å². The number of hydrogen-bond donors (Lipinski definition) is 2. The lowest BCUT2D eigenvalue weighted by molar-refractivity contribution is -0.117. The molecule has 1 aliphatic heterocycles. The first kappa shape index (κ1) is 9.77. The van der Waals surface area contributed by atoms with E-state index in [0.717, 1.165) is 25.1 Å². The first-order valence-corrected chi connectivity index (χ1v) is 5.17. The Balaban J connectivity index is 2.10. The highest BCUT2D eigenvalue weighted by Crippen LogP contribution is 2.11. The summed E-state index contributed by atoms with van der Waals surface area (Å²) < 4.78 is 0. The summed E-state index contributed by atoms with van der Waals surface area (Å²) in [6, 6.07) is 9.72. The minimum Gasteiger partial charge on any atom is -0.351 e. The van der Waals surface area contributed by atoms with E-state index in [1.54, 1.807) is 0 Å². The largest absolute Gasteiger partial charge is 0.351 e. The van der Waals surface area contributed by atoms with E-state index in [0.29, 0.717) is 5.70 Å². The van der Waals surface area contributed by atoms with Gasteiger partial charge < -0.3 is 10.6 Å². The van der Waals surface area contributed by atoms with E-state index >= 15 is 0 Å². The third-order valence-corrected chi connectivity index (χ3v) is 2.31. The van der Waals surface area contributed by atoms with Gasteiger partial charge in [-0.15, -0.1) is 0 Å². The van der Waals surface area contributed by atoms with E-state index in [4.69, 9.17) is 0 Å². The summed E-state index contributed by atoms with van der Waals surface area (Å²) in [5.74, 6) is -0.0173. The van der Waals surface area contributed by atoms with Crippen LogP contribution in [0.5, 0.6) is 0 Å². The quantitative estimate of drug-likeness (QED) is 0.769. The van der Waals surface area contributed by atoms with Crippen molar-refractivity contribution < 1.29 is 4.79 Å². The van der Waals surface area contributed by atoms with Crippen molar-refractivity contribution in [1.29, 1.82) is 0 Å². The molecule has 0 unspecified atom stereocenters. The number of nitrogens with one attached hydrogen (secondary N) is 2. The number of carbonyl (C=O) groups excluding carboxylic acids is 1. The van der Waals surface area contributed by atoms with E-state index < -0.39 is 0 Å². The number of amides is 1. The molecule has 0 saturated heterocycles. The number of hydrogen-bond acceptors (Lipinski definition) is 2. The highest BCUT2D eigenvalue weighted by Gasteiger charge is 2.11. The average Bonchev–Trinajstić information content (AvgIpc) is 2.46. The third kappa shape index (κ3) is 2.59. The molecule has 1 aromatic rings. The fraction of sp³-hybridized carbons (Fsp3) is 0.250. The number of allylic oxidation sites excluding steroid dienone is 1. The number of benzene rings is 1. The maximum absolute atomic E-state index is 11.6. The van der Waals surface area contributed by atoms with Crippen molar-refractivity contribution in [1.82, 2.24) is 5.32 Å². The summed E-state index contributed by atoms with van der Waals surface area (Å²) in [4.78, 5) is 11.6. The Hall–Kier alpha value is -1.77. The van der Waals surface area contributed by atoms with Crippen molar-refractivity contribution in [3.63, 3.8) is 0 Å². The van der Waals surface area contributed by atoms with Gasteiger partial charge >= 0.3 is 0 Å². The van der Waals surface area contributed by atoms with Crippen molar-refractivity contribution in [2.75, 3.05) is 11.9 Å². The molecule has 1 aliphatic rings. The van der Waals surface area contributed by atoms with Crippen LogP contribution < -0.4 is 10.6 Å². The Labute approximate surface area is 89.2 Å². The highest BCUT2D eigenvalue weighted by molar-refractivity contribution is 5.96. The fourth-order valence-corrected chi connectivity index (χ4v) is 1.52. The minimum atomic E-state index is -0.0173. The van der Waals surface area contributed by atoms with Gasteiger partial charge in [-0.25, -0.2) is 0 Å². The lowest BCUT2D eigenvalue weighted by Gasteiger charge is -2.08. The van der Waals surface area contributed by atoms with Gasteiger partial charge in [0.2, 0.25) is 0 Å². The Kier molecular flexibility index (Phi) is 3.02. The van der Waals surface area contributed by atoms with Gasteiger partial charge in [0.25, 0.3) is 5.91 Å². The van der Waals surface area contributed by atoms with Crippen molar-refractivity contribution in [2.45, 2.75) is 12.8 Å². The predicted molar refractivity (Wildman–Crippen MR) is 60.4 cm³/mol. The fourth-order valence-electron chi connectivity index (χ4n) is 1.52. The standard InChI is InChI=1S/C12H14N2O/c15-12-11(8-4-5-9-13-12)14-10-6-2-1-3-7-10/h1-3,6-8,14H,4-5,9H2,(H,13,15). The summed E-state index contributed by atoms with van der Waals surface area (Å²) in [6.45, 7) is 0.759. The van der Waals surface area contributed by atoms with Crippen LogP contribution in [0.15, 0.2) is 42.1 Å². The molecule has 0 atom stereocenters. The van der Waals surface area contributed by atoms with Crippen LogP contribution in [0.2, 0.25) is 0 Å². The molecule has 0 spiro atoms. The summed E-state index contributed by atoms with van der Waals surface area (Å²) in [5, 5.41) is 5.96. The lowest BCUT2D eigenvalue weighted by atomic mass is 10.2. The van der Waals surface area contributed by atoms with E-state index in [1.807, 2.05) is 36.4 Å². The first-order valence-electron chi connectivity index (χ1n) is 5.17. The van der Waals surface area contributed by atoms with Gasteiger partial charge in [0.1, 0.15) is 5.70 Å². The van der Waals surface area contributed by atoms with Gasteiger partial charge in [-0.1, -0.05) is 24.3 Å². The van der Waals surface area contributed by atoms with Gasteiger partial charge in [-0.2, -0.15) is 0 Å². The Morgan fingerprint density at radius 2 is 2.00 bits per heavy atom. The second-order valence-electron chi connectivity index (χ2n) is 3.51. The summed E-state index contributed by atoms with van der Waals surface area (Å²) >= 11 is 0. The highest BCUT2D eigenvalue weighted by atomic mass is 16.2. The van der Waals surface area contributed by atoms with Crippen LogP contribution in [0, 0.1) is 0 Å². The lowest BCUT2D eigenvalue weighted by Crippen LogP contribution is -2.27. The molecule has 0 bridgehead atoms. The minimum absolute atomic E-state index is 0.0173. The summed E-state index contributed by atoms with van der Waals surface area (Å²) in [6.07, 6.45) is 3.90. The smallest absolute Gasteiger partial charge is 0.267 e. The molecule has 3 nitrogen and oxygen atoms in total. The molecular weight excluding hydrogens is 188 g/mol. The predicted octanol–water partition coefficient (Wildman–Crippen LogP) is 1.89. The first-order chi connectivity index (χ1) is 7.36. The van der Waals surface area contributed by atoms with E-state index in [1.165, 1.54) is 0 Å². The van der Waals surface area contributed by atoms with E-state index in [2.05, 4.69) is 10.6 Å². The Morgan fingerprint density at radius 3 is 2.80 bits per heavy atom. The zero-order valence-corrected chi connectivity index (χ0v) is 8.49. The van der Waals surface area contributed by atoms with Crippen molar-refractivity contribution in [3.05, 3.63) is 42.1 Å². The van der Waals surface area contributed by atoms with Crippen LogP contribution in [0.3, 0.4) is 0 Å². The molecule has 0 radical (unpaired) electrons. The molecular formula is C12H14N2O. The maximum atomic E-state index is 11.6. The molecule has 3 heteroatoms. The monoisotopic (exact) mass is 202 g/mol. The van der Waals surface area contributed by atoms with Crippen LogP contribution >= 0.6 is 0 Å². The molecule has 2 N–H and O–H groups in total.